The molecule has 1 aromatic heterocycles. The van der Waals surface area contributed by atoms with Crippen molar-refractivity contribution in [3.8, 4) is 39.8 Å². The summed E-state index contributed by atoms with van der Waals surface area (Å²) in [5.74, 6) is 3.41. The van der Waals surface area contributed by atoms with Crippen molar-refractivity contribution in [2.24, 2.45) is 0 Å². The number of rotatable bonds is 5. The summed E-state index contributed by atoms with van der Waals surface area (Å²) < 4.78 is 16.0. The SMILES string of the molecule is c1ccc(-c2ccc3c(c2)B2c4cc5c(cc4Oc4cccc(c42)O3)c2c3ccccc3c(N(c3ccccc3)c3ccccc3)cc2n5-c2ccccc2)cc1. The van der Waals surface area contributed by atoms with Crippen molar-refractivity contribution in [1.82, 2.24) is 4.57 Å². The van der Waals surface area contributed by atoms with E-state index in [1.807, 2.05) is 6.07 Å². The molecule has 0 amide bonds. The Balaban J connectivity index is 1.18. The van der Waals surface area contributed by atoms with Crippen LogP contribution in [0.15, 0.2) is 200 Å². The van der Waals surface area contributed by atoms with Gasteiger partial charge in [0.2, 0.25) is 0 Å². The fourth-order valence-electron chi connectivity index (χ4n) is 9.22. The van der Waals surface area contributed by atoms with Crippen molar-refractivity contribution in [1.29, 1.82) is 0 Å². The molecule has 266 valence electrons. The predicted octanol–water partition coefficient (Wildman–Crippen LogP) is 11.8. The molecule has 0 saturated heterocycles. The van der Waals surface area contributed by atoms with E-state index in [9.17, 15) is 0 Å². The van der Waals surface area contributed by atoms with E-state index in [1.54, 1.807) is 0 Å². The zero-order valence-corrected chi connectivity index (χ0v) is 30.8. The highest BCUT2D eigenvalue weighted by atomic mass is 16.5. The Hall–Kier alpha value is -7.50. The Bertz CT molecular complexity index is 3140. The molecule has 0 atom stereocenters. The van der Waals surface area contributed by atoms with Crippen LogP contribution < -0.4 is 30.8 Å². The molecule has 0 spiro atoms. The third-order valence-electron chi connectivity index (χ3n) is 11.7. The summed E-state index contributed by atoms with van der Waals surface area (Å²) in [7, 11) is 0. The first kappa shape index (κ1) is 31.8. The van der Waals surface area contributed by atoms with Crippen LogP contribution in [0.4, 0.5) is 17.1 Å². The predicted molar refractivity (Wildman–Crippen MR) is 236 cm³/mol. The minimum Gasteiger partial charge on any atom is -0.458 e. The van der Waals surface area contributed by atoms with Crippen LogP contribution in [0.2, 0.25) is 0 Å². The summed E-state index contributed by atoms with van der Waals surface area (Å²) in [5, 5.41) is 4.69. The van der Waals surface area contributed by atoms with Crippen molar-refractivity contribution < 1.29 is 9.47 Å². The molecular formula is C52H33BN2O2. The number of hydrogen-bond donors (Lipinski definition) is 0. The number of anilines is 3. The Morgan fingerprint density at radius 1 is 0.404 bits per heavy atom. The molecule has 2 aliphatic heterocycles. The Morgan fingerprint density at radius 2 is 1.00 bits per heavy atom. The van der Waals surface area contributed by atoms with Gasteiger partial charge in [-0.05, 0) is 100 Å². The molecule has 12 rings (SSSR count). The first-order valence-electron chi connectivity index (χ1n) is 19.5. The zero-order valence-electron chi connectivity index (χ0n) is 30.8. The summed E-state index contributed by atoms with van der Waals surface area (Å²) in [5.41, 5.74) is 12.3. The molecule has 4 nitrogen and oxygen atoms in total. The van der Waals surface area contributed by atoms with Crippen LogP contribution in [0.1, 0.15) is 0 Å². The quantitative estimate of drug-likeness (QED) is 0.165. The number of ether oxygens (including phenoxy) is 2. The van der Waals surface area contributed by atoms with E-state index in [4.69, 9.17) is 9.47 Å². The normalized spacial score (nSPS) is 12.5. The van der Waals surface area contributed by atoms with Gasteiger partial charge in [0, 0.05) is 38.7 Å². The first-order chi connectivity index (χ1) is 28.3. The van der Waals surface area contributed by atoms with E-state index in [-0.39, 0.29) is 6.71 Å². The average Bonchev–Trinajstić information content (AvgIpc) is 3.60. The van der Waals surface area contributed by atoms with Gasteiger partial charge in [0.05, 0.1) is 16.7 Å². The average molecular weight is 729 g/mol. The lowest BCUT2D eigenvalue weighted by Gasteiger charge is -2.33. The van der Waals surface area contributed by atoms with Gasteiger partial charge >= 0.3 is 0 Å². The number of benzene rings is 9. The summed E-state index contributed by atoms with van der Waals surface area (Å²) in [6.07, 6.45) is 0. The smallest absolute Gasteiger partial charge is 0.260 e. The molecule has 0 fully saturated rings. The van der Waals surface area contributed by atoms with E-state index >= 15 is 0 Å². The molecule has 0 radical (unpaired) electrons. The molecule has 0 N–H and O–H groups in total. The molecule has 10 aromatic rings. The van der Waals surface area contributed by atoms with Gasteiger partial charge in [-0.1, -0.05) is 127 Å². The van der Waals surface area contributed by atoms with E-state index < -0.39 is 0 Å². The molecule has 0 bridgehead atoms. The van der Waals surface area contributed by atoms with Crippen LogP contribution in [0, 0.1) is 0 Å². The number of fused-ring (bicyclic) bond motifs is 9. The van der Waals surface area contributed by atoms with Crippen molar-refractivity contribution in [2.45, 2.75) is 0 Å². The molecule has 57 heavy (non-hydrogen) atoms. The van der Waals surface area contributed by atoms with Gasteiger partial charge in [0.15, 0.2) is 0 Å². The molecule has 0 saturated carbocycles. The van der Waals surface area contributed by atoms with Crippen molar-refractivity contribution in [3.63, 3.8) is 0 Å². The monoisotopic (exact) mass is 728 g/mol. The van der Waals surface area contributed by atoms with Crippen LogP contribution in [-0.4, -0.2) is 11.3 Å². The second-order valence-corrected chi connectivity index (χ2v) is 14.8. The number of para-hydroxylation sites is 3. The highest BCUT2D eigenvalue weighted by Crippen LogP contribution is 2.46. The second kappa shape index (κ2) is 12.5. The number of nitrogens with zero attached hydrogens (tertiary/aromatic N) is 2. The molecule has 5 heteroatoms. The summed E-state index contributed by atoms with van der Waals surface area (Å²) in [6, 6.07) is 71.3. The highest BCUT2D eigenvalue weighted by Gasteiger charge is 2.41. The van der Waals surface area contributed by atoms with Gasteiger partial charge in [0.1, 0.15) is 23.0 Å². The third-order valence-corrected chi connectivity index (χ3v) is 11.7. The van der Waals surface area contributed by atoms with Crippen molar-refractivity contribution in [2.75, 3.05) is 4.90 Å². The minimum absolute atomic E-state index is 0.0852. The lowest BCUT2D eigenvalue weighted by atomic mass is 9.34. The fourth-order valence-corrected chi connectivity index (χ4v) is 9.22. The van der Waals surface area contributed by atoms with Gasteiger partial charge in [-0.3, -0.25) is 0 Å². The van der Waals surface area contributed by atoms with Crippen LogP contribution >= 0.6 is 0 Å². The second-order valence-electron chi connectivity index (χ2n) is 14.8. The molecule has 2 aliphatic rings. The van der Waals surface area contributed by atoms with Gasteiger partial charge in [-0.2, -0.15) is 0 Å². The van der Waals surface area contributed by atoms with Gasteiger partial charge in [-0.25, -0.2) is 0 Å². The van der Waals surface area contributed by atoms with Gasteiger partial charge < -0.3 is 18.9 Å². The Kier molecular flexibility index (Phi) is 6.99. The highest BCUT2D eigenvalue weighted by molar-refractivity contribution is 6.98. The van der Waals surface area contributed by atoms with Crippen LogP contribution in [0.25, 0.3) is 49.4 Å². The maximum absolute atomic E-state index is 6.92. The van der Waals surface area contributed by atoms with E-state index in [0.717, 1.165) is 84.1 Å². The van der Waals surface area contributed by atoms with Crippen molar-refractivity contribution >= 4 is 72.7 Å². The molecule has 3 heterocycles. The lowest BCUT2D eigenvalue weighted by Crippen LogP contribution is -2.57. The van der Waals surface area contributed by atoms with Crippen LogP contribution in [-0.2, 0) is 0 Å². The van der Waals surface area contributed by atoms with Gasteiger partial charge in [-0.15, -0.1) is 0 Å². The zero-order chi connectivity index (χ0) is 37.5. The summed E-state index contributed by atoms with van der Waals surface area (Å²) in [4.78, 5) is 2.38. The molecule has 0 unspecified atom stereocenters. The molecular weight excluding hydrogens is 695 g/mol. The molecule has 0 aliphatic carbocycles. The maximum atomic E-state index is 6.92. The topological polar surface area (TPSA) is 26.6 Å². The Labute approximate surface area is 330 Å². The molecule has 9 aromatic carbocycles. The third kappa shape index (κ3) is 4.89. The van der Waals surface area contributed by atoms with Gasteiger partial charge in [0.25, 0.3) is 6.71 Å². The lowest BCUT2D eigenvalue weighted by molar-refractivity contribution is 0.465. The van der Waals surface area contributed by atoms with E-state index in [2.05, 4.69) is 204 Å². The minimum atomic E-state index is -0.0852. The Morgan fingerprint density at radius 3 is 1.70 bits per heavy atom. The van der Waals surface area contributed by atoms with Crippen LogP contribution in [0.5, 0.6) is 23.0 Å². The summed E-state index contributed by atoms with van der Waals surface area (Å²) in [6.45, 7) is -0.0852. The largest absolute Gasteiger partial charge is 0.458 e. The van der Waals surface area contributed by atoms with Crippen molar-refractivity contribution in [3.05, 3.63) is 200 Å². The standard InChI is InChI=1S/C52H33BN2O2/c1-5-16-34(17-6-1)35-28-29-47-42(30-35)53-43-32-44-41(31-50(43)57-49-27-15-26-48(56-47)52(49)53)51-40-25-14-13-24-39(40)45(33-46(51)55(44)38-22-11-4-12-23-38)54(36-18-7-2-8-19-36)37-20-9-3-10-21-37/h1-33H. The number of aromatic nitrogens is 1. The maximum Gasteiger partial charge on any atom is 0.260 e. The fraction of sp³-hybridized carbons (Fsp3) is 0. The van der Waals surface area contributed by atoms with E-state index in [0.29, 0.717) is 0 Å². The van der Waals surface area contributed by atoms with Crippen LogP contribution in [0.3, 0.4) is 0 Å². The van der Waals surface area contributed by atoms with E-state index in [1.165, 1.54) is 21.7 Å². The first-order valence-corrected chi connectivity index (χ1v) is 19.5. The summed E-state index contributed by atoms with van der Waals surface area (Å²) >= 11 is 0. The number of hydrogen-bond acceptors (Lipinski definition) is 3.